The molecule has 3 amide bonds. The topological polar surface area (TPSA) is 146 Å². The van der Waals surface area contributed by atoms with Gasteiger partial charge in [-0.3, -0.25) is 24.6 Å². The van der Waals surface area contributed by atoms with Crippen LogP contribution in [-0.2, 0) is 23.1 Å². The first-order chi connectivity index (χ1) is 19.1. The summed E-state index contributed by atoms with van der Waals surface area (Å²) in [5, 5.41) is 21.6. The first kappa shape index (κ1) is 26.7. The Balaban J connectivity index is 1.23. The van der Waals surface area contributed by atoms with Gasteiger partial charge in [0, 0.05) is 29.7 Å². The van der Waals surface area contributed by atoms with Crippen LogP contribution in [0.4, 0.5) is 35.2 Å². The fraction of sp³-hybridized carbons (Fsp3) is 0.231. The molecule has 4 aromatic rings. The lowest BCUT2D eigenvalue weighted by molar-refractivity contribution is -0.755. The van der Waals surface area contributed by atoms with E-state index in [0.717, 1.165) is 12.1 Å². The van der Waals surface area contributed by atoms with Crippen molar-refractivity contribution in [3.63, 3.8) is 0 Å². The maximum atomic E-state index is 13.6. The van der Waals surface area contributed by atoms with Crippen LogP contribution in [0.3, 0.4) is 0 Å². The fourth-order valence-corrected chi connectivity index (χ4v) is 4.31. The van der Waals surface area contributed by atoms with Crippen LogP contribution in [0.1, 0.15) is 29.8 Å². The molecule has 3 heterocycles. The molecule has 4 N–H and O–H groups in total. The zero-order valence-corrected chi connectivity index (χ0v) is 20.7. The lowest BCUT2D eigenvalue weighted by Gasteiger charge is -2.42. The van der Waals surface area contributed by atoms with Gasteiger partial charge in [-0.25, -0.2) is 4.79 Å². The summed E-state index contributed by atoms with van der Waals surface area (Å²) in [5.41, 5.74) is -1.63. The first-order valence-corrected chi connectivity index (χ1v) is 12.1. The third-order valence-electron chi connectivity index (χ3n) is 6.26. The summed E-state index contributed by atoms with van der Waals surface area (Å²) in [6, 6.07) is 12.2. The van der Waals surface area contributed by atoms with E-state index in [2.05, 4.69) is 31.2 Å². The minimum Gasteiger partial charge on any atom is -0.384 e. The van der Waals surface area contributed by atoms with Gasteiger partial charge in [0.2, 0.25) is 17.7 Å². The lowest BCUT2D eigenvalue weighted by atomic mass is 9.68. The van der Waals surface area contributed by atoms with E-state index in [1.54, 1.807) is 42.6 Å². The normalized spacial score (nSPS) is 18.4. The number of nitrogens with one attached hydrogen (secondary N) is 3. The van der Waals surface area contributed by atoms with E-state index in [0.29, 0.717) is 11.4 Å². The average molecular weight is 555 g/mol. The molecule has 0 radical (unpaired) electrons. The maximum Gasteiger partial charge on any atom is 0.416 e. The standard InChI is InChI=1S/C26H22F3N7O4/c27-26(28,29)17-9-19(32-23(37)16-12-25(39,13-16)21-6-2-4-8-31-21)11-20(10-17)33-24(38)34-22-15-36(35-40-22)14-18-5-1-3-7-30-18/h1-11,15-16,39H,12-14H2,(H2-,32,33,34,35,37,38)/p+1. The van der Waals surface area contributed by atoms with Crippen LogP contribution in [0.15, 0.2) is 77.7 Å². The van der Waals surface area contributed by atoms with Gasteiger partial charge in [-0.1, -0.05) is 12.1 Å². The number of carbonyl (C=O) groups is 2. The number of alkyl halides is 3. The predicted octanol–water partition coefficient (Wildman–Crippen LogP) is 3.70. The Morgan fingerprint density at radius 2 is 1.70 bits per heavy atom. The summed E-state index contributed by atoms with van der Waals surface area (Å²) < 4.78 is 47.1. The molecule has 40 heavy (non-hydrogen) atoms. The number of benzene rings is 1. The van der Waals surface area contributed by atoms with Gasteiger partial charge in [-0.15, -0.1) is 0 Å². The summed E-state index contributed by atoms with van der Waals surface area (Å²) in [4.78, 5) is 33.5. The van der Waals surface area contributed by atoms with E-state index in [-0.39, 0.29) is 36.6 Å². The number of urea groups is 1. The number of pyridine rings is 2. The molecule has 0 aliphatic heterocycles. The van der Waals surface area contributed by atoms with Gasteiger partial charge in [0.1, 0.15) is 11.3 Å². The Labute approximate surface area is 225 Å². The molecule has 0 atom stereocenters. The van der Waals surface area contributed by atoms with Crippen molar-refractivity contribution in [1.29, 1.82) is 0 Å². The van der Waals surface area contributed by atoms with E-state index in [1.807, 2.05) is 0 Å². The number of aromatic nitrogens is 4. The van der Waals surface area contributed by atoms with Crippen molar-refractivity contribution < 1.29 is 37.1 Å². The van der Waals surface area contributed by atoms with Crippen LogP contribution < -0.4 is 20.6 Å². The van der Waals surface area contributed by atoms with Crippen molar-refractivity contribution in [2.24, 2.45) is 5.92 Å². The molecule has 1 saturated carbocycles. The zero-order valence-electron chi connectivity index (χ0n) is 20.7. The smallest absolute Gasteiger partial charge is 0.384 e. The molecule has 3 aromatic heterocycles. The monoisotopic (exact) mass is 554 g/mol. The highest BCUT2D eigenvalue weighted by atomic mass is 19.4. The van der Waals surface area contributed by atoms with Crippen LogP contribution in [0.2, 0.25) is 0 Å². The second-order valence-electron chi connectivity index (χ2n) is 9.30. The molecule has 5 rings (SSSR count). The van der Waals surface area contributed by atoms with Crippen molar-refractivity contribution in [1.82, 2.24) is 15.2 Å². The van der Waals surface area contributed by atoms with Gasteiger partial charge in [-0.2, -0.15) is 13.2 Å². The summed E-state index contributed by atoms with van der Waals surface area (Å²) in [5.74, 6) is -1.25. The predicted molar refractivity (Wildman–Crippen MR) is 134 cm³/mol. The molecule has 11 nitrogen and oxygen atoms in total. The molecule has 1 aromatic carbocycles. The highest BCUT2D eigenvalue weighted by Crippen LogP contribution is 2.45. The van der Waals surface area contributed by atoms with Gasteiger partial charge in [0.25, 0.3) is 6.20 Å². The van der Waals surface area contributed by atoms with Crippen molar-refractivity contribution in [2.45, 2.75) is 31.2 Å². The molecule has 1 aliphatic rings. The Bertz CT molecular complexity index is 1510. The number of aliphatic hydroxyl groups is 1. The van der Waals surface area contributed by atoms with E-state index >= 15 is 0 Å². The van der Waals surface area contributed by atoms with Crippen LogP contribution in [0.25, 0.3) is 0 Å². The molecule has 206 valence electrons. The second-order valence-corrected chi connectivity index (χ2v) is 9.30. The summed E-state index contributed by atoms with van der Waals surface area (Å²) in [6.07, 6.45) is -0.0826. The maximum absolute atomic E-state index is 13.6. The molecular weight excluding hydrogens is 531 g/mol. The Kier molecular flexibility index (Phi) is 7.17. The first-order valence-electron chi connectivity index (χ1n) is 12.1. The van der Waals surface area contributed by atoms with Gasteiger partial charge >= 0.3 is 18.1 Å². The summed E-state index contributed by atoms with van der Waals surface area (Å²) in [6.45, 7) is 0.268. The van der Waals surface area contributed by atoms with Gasteiger partial charge in [0.15, 0.2) is 0 Å². The van der Waals surface area contributed by atoms with Gasteiger partial charge in [-0.05, 0) is 60.0 Å². The van der Waals surface area contributed by atoms with Crippen LogP contribution in [0, 0.1) is 5.92 Å². The summed E-state index contributed by atoms with van der Waals surface area (Å²) >= 11 is 0. The lowest BCUT2D eigenvalue weighted by Crippen LogP contribution is -2.46. The highest BCUT2D eigenvalue weighted by Gasteiger charge is 2.48. The van der Waals surface area contributed by atoms with Gasteiger partial charge in [0.05, 0.1) is 11.3 Å². The number of hydrogen-bond donors (Lipinski definition) is 4. The van der Waals surface area contributed by atoms with Crippen LogP contribution in [0.5, 0.6) is 0 Å². The average Bonchev–Trinajstić information content (AvgIpc) is 3.33. The van der Waals surface area contributed by atoms with Crippen molar-refractivity contribution in [2.75, 3.05) is 16.0 Å². The third kappa shape index (κ3) is 6.23. The number of nitrogens with zero attached hydrogens (tertiary/aromatic N) is 4. The Hall–Kier alpha value is -4.85. The Morgan fingerprint density at radius 3 is 2.35 bits per heavy atom. The molecule has 1 fully saturated rings. The SMILES string of the molecule is O=C(Nc1cc(NC(=O)C2CC(O)(c3ccccn3)C2)cc(C(F)(F)F)c1)Nc1c[n+](Cc2ccccn2)no1. The zero-order chi connectivity index (χ0) is 28.3. The van der Waals surface area contributed by atoms with Crippen LogP contribution >= 0.6 is 0 Å². The third-order valence-corrected chi connectivity index (χ3v) is 6.26. The molecule has 0 spiro atoms. The van der Waals surface area contributed by atoms with E-state index in [9.17, 15) is 27.9 Å². The molecule has 0 saturated heterocycles. The largest absolute Gasteiger partial charge is 0.416 e. The molecule has 0 unspecified atom stereocenters. The molecular formula is C26H23F3N7O4+. The molecule has 0 bridgehead atoms. The van der Waals surface area contributed by atoms with E-state index in [4.69, 9.17) is 4.52 Å². The minimum atomic E-state index is -4.74. The number of carbonyl (C=O) groups excluding carboxylic acids is 2. The van der Waals surface area contributed by atoms with Crippen molar-refractivity contribution in [3.8, 4) is 0 Å². The molecule has 1 aliphatic carbocycles. The Morgan fingerprint density at radius 1 is 1.00 bits per heavy atom. The van der Waals surface area contributed by atoms with Crippen molar-refractivity contribution in [3.05, 3.63) is 90.1 Å². The highest BCUT2D eigenvalue weighted by molar-refractivity contribution is 6.00. The number of hydrogen-bond acceptors (Lipinski definition) is 7. The van der Waals surface area contributed by atoms with E-state index < -0.39 is 35.2 Å². The van der Waals surface area contributed by atoms with E-state index in [1.165, 1.54) is 23.1 Å². The molecule has 14 heteroatoms. The van der Waals surface area contributed by atoms with Gasteiger partial charge < -0.3 is 15.7 Å². The minimum absolute atomic E-state index is 0.0562. The fourth-order valence-electron chi connectivity index (χ4n) is 4.31. The number of rotatable bonds is 7. The quantitative estimate of drug-likeness (QED) is 0.255. The number of halogens is 3. The number of anilines is 3. The summed E-state index contributed by atoms with van der Waals surface area (Å²) in [7, 11) is 0. The second kappa shape index (κ2) is 10.7. The van der Waals surface area contributed by atoms with Crippen molar-refractivity contribution >= 4 is 29.2 Å². The van der Waals surface area contributed by atoms with Crippen LogP contribution in [-0.4, -0.2) is 32.3 Å². The number of amides is 3.